The Morgan fingerprint density at radius 2 is 1.41 bits per heavy atom. The standard InChI is InChI=1S/C28H23N3O3.C14H8O3/c1-2-34-23-17-16-18-10-6-7-13-20(18)24(23)27(32)31-26-28(33)29-22-15-9-8-14-21(22)25(30-26)19-11-4-3-5-12-19;15-13-10-5-2-1-4-8(10)9-6-3-7-11(12(9)13)14(16)17/h3-17,26H,2H2,1H3,(H,29,33)(H,31,32);1-7H,(H,16,17). The van der Waals surface area contributed by atoms with Gasteiger partial charge in [0.1, 0.15) is 5.75 Å². The van der Waals surface area contributed by atoms with E-state index in [1.165, 1.54) is 6.07 Å². The molecule has 6 aromatic carbocycles. The number of benzodiazepines with no additional fused rings is 1. The van der Waals surface area contributed by atoms with Crippen LogP contribution >= 0.6 is 0 Å². The van der Waals surface area contributed by atoms with Crippen LogP contribution in [-0.4, -0.2) is 47.2 Å². The number of carbonyl (C=O) groups is 4. The number of ether oxygens (including phenoxy) is 1. The molecule has 0 saturated heterocycles. The van der Waals surface area contributed by atoms with Gasteiger partial charge in [0.2, 0.25) is 6.17 Å². The molecule has 9 nitrogen and oxygen atoms in total. The zero-order valence-electron chi connectivity index (χ0n) is 27.4. The quantitative estimate of drug-likeness (QED) is 0.169. The monoisotopic (exact) mass is 673 g/mol. The minimum absolute atomic E-state index is 0.0729. The second-order valence-electron chi connectivity index (χ2n) is 11.8. The van der Waals surface area contributed by atoms with E-state index in [2.05, 4.69) is 10.6 Å². The van der Waals surface area contributed by atoms with Crippen molar-refractivity contribution in [3.05, 3.63) is 167 Å². The average molecular weight is 674 g/mol. The first kappa shape index (κ1) is 32.7. The molecule has 2 aliphatic rings. The lowest BCUT2D eigenvalue weighted by Crippen LogP contribution is -2.42. The van der Waals surface area contributed by atoms with E-state index in [-0.39, 0.29) is 11.3 Å². The van der Waals surface area contributed by atoms with Gasteiger partial charge in [0.15, 0.2) is 5.78 Å². The second-order valence-corrected chi connectivity index (χ2v) is 11.8. The van der Waals surface area contributed by atoms with Gasteiger partial charge in [-0.2, -0.15) is 0 Å². The zero-order valence-corrected chi connectivity index (χ0v) is 27.4. The third-order valence-electron chi connectivity index (χ3n) is 8.66. The first-order valence-corrected chi connectivity index (χ1v) is 16.3. The fraction of sp³-hybridized carbons (Fsp3) is 0.0714. The number of anilines is 1. The highest BCUT2D eigenvalue weighted by Crippen LogP contribution is 2.38. The molecule has 1 aliphatic heterocycles. The first-order chi connectivity index (χ1) is 24.9. The van der Waals surface area contributed by atoms with Crippen LogP contribution in [0.25, 0.3) is 21.9 Å². The molecular formula is C42H31N3O6. The van der Waals surface area contributed by atoms with Gasteiger partial charge >= 0.3 is 5.97 Å². The van der Waals surface area contributed by atoms with Crippen molar-refractivity contribution in [1.29, 1.82) is 0 Å². The van der Waals surface area contributed by atoms with Crippen LogP contribution in [0.15, 0.2) is 138 Å². The summed E-state index contributed by atoms with van der Waals surface area (Å²) >= 11 is 0. The fourth-order valence-electron chi connectivity index (χ4n) is 6.39. The molecule has 1 atom stereocenters. The summed E-state index contributed by atoms with van der Waals surface area (Å²) in [6.45, 7) is 2.28. The minimum atomic E-state index is -1.12. The van der Waals surface area contributed by atoms with Crippen LogP contribution in [0, 0.1) is 0 Å². The van der Waals surface area contributed by atoms with Gasteiger partial charge in [0, 0.05) is 22.3 Å². The van der Waals surface area contributed by atoms with Crippen molar-refractivity contribution in [2.75, 3.05) is 11.9 Å². The van der Waals surface area contributed by atoms with Crippen LogP contribution in [0.4, 0.5) is 5.69 Å². The second kappa shape index (κ2) is 13.9. The summed E-state index contributed by atoms with van der Waals surface area (Å²) in [6, 6.07) is 40.5. The van der Waals surface area contributed by atoms with E-state index in [4.69, 9.17) is 14.8 Å². The van der Waals surface area contributed by atoms with E-state index in [0.29, 0.717) is 46.0 Å². The van der Waals surface area contributed by atoms with Gasteiger partial charge in [-0.25, -0.2) is 9.79 Å². The van der Waals surface area contributed by atoms with Gasteiger partial charge in [-0.1, -0.05) is 115 Å². The van der Waals surface area contributed by atoms with E-state index in [0.717, 1.165) is 27.5 Å². The van der Waals surface area contributed by atoms with Crippen molar-refractivity contribution >= 4 is 45.7 Å². The smallest absolute Gasteiger partial charge is 0.336 e. The number of rotatable bonds is 6. The molecule has 3 N–H and O–H groups in total. The molecule has 0 radical (unpaired) electrons. The highest BCUT2D eigenvalue weighted by atomic mass is 16.5. The average Bonchev–Trinajstić information content (AvgIpc) is 3.37. The summed E-state index contributed by atoms with van der Waals surface area (Å²) in [6.07, 6.45) is -1.12. The third kappa shape index (κ3) is 6.24. The SMILES string of the molecule is CCOc1ccc2ccccc2c1C(=O)NC1N=C(c2ccccc2)c2ccccc2NC1=O.O=C(O)c1cccc2c1C(=O)c1ccccc1-2. The number of para-hydroxylation sites is 1. The summed E-state index contributed by atoms with van der Waals surface area (Å²) < 4.78 is 5.75. The van der Waals surface area contributed by atoms with Crippen molar-refractivity contribution in [3.63, 3.8) is 0 Å². The van der Waals surface area contributed by atoms with Crippen molar-refractivity contribution in [2.24, 2.45) is 4.99 Å². The summed E-state index contributed by atoms with van der Waals surface area (Å²) in [4.78, 5) is 54.7. The van der Waals surface area contributed by atoms with Gasteiger partial charge in [-0.3, -0.25) is 14.4 Å². The van der Waals surface area contributed by atoms with Gasteiger partial charge in [0.05, 0.1) is 29.1 Å². The van der Waals surface area contributed by atoms with Crippen molar-refractivity contribution in [1.82, 2.24) is 5.32 Å². The molecule has 1 unspecified atom stereocenters. The van der Waals surface area contributed by atoms with Crippen LogP contribution in [-0.2, 0) is 4.79 Å². The predicted molar refractivity (Wildman–Crippen MR) is 196 cm³/mol. The Kier molecular flexibility index (Phi) is 8.92. The van der Waals surface area contributed by atoms with Gasteiger partial charge in [-0.05, 0) is 47.0 Å². The molecule has 1 aliphatic carbocycles. The molecular weight excluding hydrogens is 642 g/mol. The third-order valence-corrected chi connectivity index (χ3v) is 8.66. The lowest BCUT2D eigenvalue weighted by Gasteiger charge is -2.17. The maximum Gasteiger partial charge on any atom is 0.336 e. The van der Waals surface area contributed by atoms with E-state index >= 15 is 0 Å². The Bertz CT molecular complexity index is 2380. The number of hydrogen-bond donors (Lipinski definition) is 3. The Balaban J connectivity index is 0.000000199. The molecule has 0 fully saturated rings. The number of aromatic carboxylic acids is 1. The fourth-order valence-corrected chi connectivity index (χ4v) is 6.39. The molecule has 1 heterocycles. The van der Waals surface area contributed by atoms with Crippen molar-refractivity contribution < 1.29 is 29.0 Å². The molecule has 0 spiro atoms. The van der Waals surface area contributed by atoms with Crippen LogP contribution in [0.5, 0.6) is 5.75 Å². The molecule has 2 amide bonds. The number of nitrogens with one attached hydrogen (secondary N) is 2. The Hall–Kier alpha value is -6.87. The Morgan fingerprint density at radius 3 is 2.18 bits per heavy atom. The number of aliphatic imine (C=N–C) groups is 1. The minimum Gasteiger partial charge on any atom is -0.493 e. The summed E-state index contributed by atoms with van der Waals surface area (Å²) in [5.74, 6) is -1.65. The molecule has 0 saturated carbocycles. The number of ketones is 1. The van der Waals surface area contributed by atoms with Crippen molar-refractivity contribution in [2.45, 2.75) is 13.1 Å². The summed E-state index contributed by atoms with van der Waals surface area (Å²) in [5.41, 5.74) is 5.79. The number of hydrogen-bond acceptors (Lipinski definition) is 6. The van der Waals surface area contributed by atoms with Crippen LogP contribution in [0.2, 0.25) is 0 Å². The van der Waals surface area contributed by atoms with Crippen molar-refractivity contribution in [3.8, 4) is 16.9 Å². The molecule has 0 aromatic heterocycles. The number of carboxylic acid groups (broad SMARTS) is 1. The number of amides is 2. The molecule has 0 bridgehead atoms. The topological polar surface area (TPSA) is 134 Å². The van der Waals surface area contributed by atoms with Crippen LogP contribution in [0.3, 0.4) is 0 Å². The Morgan fingerprint density at radius 1 is 0.745 bits per heavy atom. The van der Waals surface area contributed by atoms with Gasteiger partial charge in [0.25, 0.3) is 11.8 Å². The van der Waals surface area contributed by atoms with E-state index in [1.54, 1.807) is 30.3 Å². The lowest BCUT2D eigenvalue weighted by molar-refractivity contribution is -0.117. The number of fused-ring (bicyclic) bond motifs is 5. The summed E-state index contributed by atoms with van der Waals surface area (Å²) in [5, 5.41) is 16.5. The van der Waals surface area contributed by atoms with E-state index in [9.17, 15) is 19.2 Å². The predicted octanol–water partition coefficient (Wildman–Crippen LogP) is 7.38. The van der Waals surface area contributed by atoms with E-state index in [1.807, 2.05) is 104 Å². The maximum atomic E-state index is 13.6. The number of benzene rings is 6. The molecule has 250 valence electrons. The van der Waals surface area contributed by atoms with Gasteiger partial charge < -0.3 is 20.5 Å². The Labute approximate surface area is 293 Å². The van der Waals surface area contributed by atoms with Crippen LogP contribution < -0.4 is 15.4 Å². The number of carboxylic acids is 1. The summed E-state index contributed by atoms with van der Waals surface area (Å²) in [7, 11) is 0. The number of nitrogens with zero attached hydrogens (tertiary/aromatic N) is 1. The first-order valence-electron chi connectivity index (χ1n) is 16.3. The van der Waals surface area contributed by atoms with Gasteiger partial charge in [-0.15, -0.1) is 0 Å². The molecule has 6 aromatic rings. The molecule has 9 heteroatoms. The van der Waals surface area contributed by atoms with E-state index < -0.39 is 23.9 Å². The maximum absolute atomic E-state index is 13.6. The number of carbonyl (C=O) groups excluding carboxylic acids is 3. The zero-order chi connectivity index (χ0) is 35.5. The molecule has 8 rings (SSSR count). The highest BCUT2D eigenvalue weighted by molar-refractivity contribution is 6.25. The van der Waals surface area contributed by atoms with Crippen LogP contribution in [0.1, 0.15) is 54.7 Å². The molecule has 51 heavy (non-hydrogen) atoms. The highest BCUT2D eigenvalue weighted by Gasteiger charge is 2.31. The lowest BCUT2D eigenvalue weighted by atomic mass is 10.0. The normalized spacial score (nSPS) is 14.1. The largest absolute Gasteiger partial charge is 0.493 e.